The topological polar surface area (TPSA) is 58.5 Å². The van der Waals surface area contributed by atoms with Gasteiger partial charge < -0.3 is 15.4 Å². The van der Waals surface area contributed by atoms with Crippen LogP contribution in [0.4, 0.5) is 0 Å². The van der Waals surface area contributed by atoms with Gasteiger partial charge in [-0.05, 0) is 37.5 Å². The van der Waals surface area contributed by atoms with E-state index < -0.39 is 0 Å². The highest BCUT2D eigenvalue weighted by Crippen LogP contribution is 2.22. The highest BCUT2D eigenvalue weighted by molar-refractivity contribution is 7.11. The van der Waals surface area contributed by atoms with Crippen LogP contribution < -0.4 is 15.4 Å². The second-order valence-electron chi connectivity index (χ2n) is 5.40. The molecule has 0 atom stereocenters. The van der Waals surface area contributed by atoms with Gasteiger partial charge in [-0.1, -0.05) is 24.6 Å². The number of ether oxygens (including phenoxy) is 1. The maximum atomic E-state index is 6.28. The maximum absolute atomic E-state index is 6.28. The Bertz CT molecular complexity index is 702. The Morgan fingerprint density at radius 2 is 2.16 bits per heavy atom. The van der Waals surface area contributed by atoms with Crippen LogP contribution in [0.1, 0.15) is 29.3 Å². The predicted octanol–water partition coefficient (Wildman–Crippen LogP) is 3.67. The summed E-state index contributed by atoms with van der Waals surface area (Å²) < 4.78 is 5.17. The lowest BCUT2D eigenvalue weighted by molar-refractivity contribution is 0.414. The minimum atomic E-state index is 0.587. The molecule has 0 saturated carbocycles. The van der Waals surface area contributed by atoms with Gasteiger partial charge in [0.25, 0.3) is 0 Å². The van der Waals surface area contributed by atoms with Crippen LogP contribution in [0, 0.1) is 0 Å². The lowest BCUT2D eigenvalue weighted by Crippen LogP contribution is -2.38. The molecule has 5 nitrogen and oxygen atoms in total. The maximum Gasteiger partial charge on any atom is 0.191 e. The van der Waals surface area contributed by atoms with Crippen molar-refractivity contribution in [1.29, 1.82) is 0 Å². The van der Waals surface area contributed by atoms with Crippen molar-refractivity contribution in [1.82, 2.24) is 15.6 Å². The van der Waals surface area contributed by atoms with E-state index in [0.29, 0.717) is 6.54 Å². The Kier molecular flexibility index (Phi) is 8.01. The van der Waals surface area contributed by atoms with Crippen molar-refractivity contribution in [2.24, 2.45) is 4.99 Å². The van der Waals surface area contributed by atoms with Gasteiger partial charge in [-0.2, -0.15) is 0 Å². The van der Waals surface area contributed by atoms with Gasteiger partial charge in [0.2, 0.25) is 0 Å². The van der Waals surface area contributed by atoms with Crippen molar-refractivity contribution in [3.05, 3.63) is 44.9 Å². The van der Waals surface area contributed by atoms with Crippen LogP contribution in [0.25, 0.3) is 0 Å². The van der Waals surface area contributed by atoms with Crippen LogP contribution in [0.3, 0.4) is 0 Å². The zero-order chi connectivity index (χ0) is 18.1. The van der Waals surface area contributed by atoms with Crippen molar-refractivity contribution >= 4 is 28.9 Å². The third-order valence-electron chi connectivity index (χ3n) is 3.61. The number of nitrogens with zero attached hydrogens (tertiary/aromatic N) is 2. The molecule has 136 valence electrons. The Labute approximate surface area is 158 Å². The summed E-state index contributed by atoms with van der Waals surface area (Å²) in [7, 11) is 1.64. The minimum Gasteiger partial charge on any atom is -0.497 e. The van der Waals surface area contributed by atoms with E-state index >= 15 is 0 Å². The molecule has 7 heteroatoms. The SMILES string of the molecule is CCNC(=NCc1ncc(CC)s1)NCCc1ccc(OC)cc1Cl. The summed E-state index contributed by atoms with van der Waals surface area (Å²) in [6, 6.07) is 5.76. The first-order chi connectivity index (χ1) is 12.2. The van der Waals surface area contributed by atoms with Crippen molar-refractivity contribution in [3.8, 4) is 5.75 Å². The number of aliphatic imine (C=N–C) groups is 1. The second-order valence-corrected chi connectivity index (χ2v) is 7.01. The second kappa shape index (κ2) is 10.3. The quantitative estimate of drug-likeness (QED) is 0.542. The van der Waals surface area contributed by atoms with Crippen LogP contribution >= 0.6 is 22.9 Å². The van der Waals surface area contributed by atoms with Crippen LogP contribution in [0.15, 0.2) is 29.4 Å². The van der Waals surface area contributed by atoms with Crippen molar-refractivity contribution < 1.29 is 4.74 Å². The molecule has 0 bridgehead atoms. The molecule has 1 heterocycles. The lowest BCUT2D eigenvalue weighted by atomic mass is 10.1. The Hall–Kier alpha value is -1.79. The fourth-order valence-electron chi connectivity index (χ4n) is 2.25. The van der Waals surface area contributed by atoms with Gasteiger partial charge in [-0.25, -0.2) is 9.98 Å². The number of rotatable bonds is 8. The van der Waals surface area contributed by atoms with Gasteiger partial charge in [-0.3, -0.25) is 0 Å². The van der Waals surface area contributed by atoms with Crippen LogP contribution in [-0.4, -0.2) is 31.1 Å². The molecule has 2 aromatic rings. The molecule has 1 aromatic heterocycles. The lowest BCUT2D eigenvalue weighted by Gasteiger charge is -2.12. The van der Waals surface area contributed by atoms with Gasteiger partial charge >= 0.3 is 0 Å². The number of methoxy groups -OCH3 is 1. The number of hydrogen-bond donors (Lipinski definition) is 2. The summed E-state index contributed by atoms with van der Waals surface area (Å²) in [5.74, 6) is 1.56. The molecule has 25 heavy (non-hydrogen) atoms. The first-order valence-corrected chi connectivity index (χ1v) is 9.63. The molecule has 2 N–H and O–H groups in total. The van der Waals surface area contributed by atoms with E-state index in [-0.39, 0.29) is 0 Å². The molecular weight excluding hydrogens is 356 g/mol. The largest absolute Gasteiger partial charge is 0.497 e. The minimum absolute atomic E-state index is 0.587. The Morgan fingerprint density at radius 1 is 1.32 bits per heavy atom. The van der Waals surface area contributed by atoms with Gasteiger partial charge in [0.1, 0.15) is 10.8 Å². The molecule has 0 spiro atoms. The predicted molar refractivity (Wildman–Crippen MR) is 106 cm³/mol. The zero-order valence-electron chi connectivity index (χ0n) is 14.9. The fourth-order valence-corrected chi connectivity index (χ4v) is 3.30. The van der Waals surface area contributed by atoms with E-state index in [1.807, 2.05) is 24.4 Å². The van der Waals surface area contributed by atoms with E-state index in [1.165, 1.54) is 4.88 Å². The van der Waals surface area contributed by atoms with Crippen molar-refractivity contribution in [3.63, 3.8) is 0 Å². The molecule has 0 aliphatic carbocycles. The van der Waals surface area contributed by atoms with Gasteiger partial charge in [0.05, 0.1) is 13.7 Å². The molecule has 0 amide bonds. The standard InChI is InChI=1S/C18H25ClN4OS/c1-4-15-11-22-17(25-15)12-23-18(20-5-2)21-9-8-13-6-7-14(24-3)10-16(13)19/h6-7,10-11H,4-5,8-9,12H2,1-3H3,(H2,20,21,23). The molecule has 0 fully saturated rings. The van der Waals surface area contributed by atoms with Crippen molar-refractivity contribution in [2.75, 3.05) is 20.2 Å². The fraction of sp³-hybridized carbons (Fsp3) is 0.444. The highest BCUT2D eigenvalue weighted by atomic mass is 35.5. The average Bonchev–Trinajstić information content (AvgIpc) is 3.09. The van der Waals surface area contributed by atoms with E-state index in [9.17, 15) is 0 Å². The normalized spacial score (nSPS) is 11.4. The number of hydrogen-bond acceptors (Lipinski definition) is 4. The monoisotopic (exact) mass is 380 g/mol. The number of benzene rings is 1. The number of nitrogens with one attached hydrogen (secondary N) is 2. The summed E-state index contributed by atoms with van der Waals surface area (Å²) >= 11 is 8.00. The smallest absolute Gasteiger partial charge is 0.191 e. The molecule has 1 aromatic carbocycles. The molecule has 0 aliphatic rings. The molecule has 0 radical (unpaired) electrons. The first kappa shape index (κ1) is 19.5. The summed E-state index contributed by atoms with van der Waals surface area (Å²) in [5, 5.41) is 8.35. The van der Waals surface area contributed by atoms with E-state index in [2.05, 4.69) is 34.5 Å². The van der Waals surface area contributed by atoms with Gasteiger partial charge in [0, 0.05) is 29.2 Å². The number of guanidine groups is 1. The summed E-state index contributed by atoms with van der Waals surface area (Å²) in [6.07, 6.45) is 3.76. The van der Waals surface area contributed by atoms with E-state index in [4.69, 9.17) is 16.3 Å². The molecule has 0 aliphatic heterocycles. The zero-order valence-corrected chi connectivity index (χ0v) is 16.5. The van der Waals surface area contributed by atoms with E-state index in [1.54, 1.807) is 18.4 Å². The molecule has 0 saturated heterocycles. The molecular formula is C18H25ClN4OS. The number of aryl methyl sites for hydroxylation is 1. The molecule has 2 rings (SSSR count). The molecule has 0 unspecified atom stereocenters. The first-order valence-electron chi connectivity index (χ1n) is 8.44. The third kappa shape index (κ3) is 6.21. The van der Waals surface area contributed by atoms with Crippen LogP contribution in [0.2, 0.25) is 5.02 Å². The van der Waals surface area contributed by atoms with E-state index in [0.717, 1.165) is 53.2 Å². The van der Waals surface area contributed by atoms with Crippen molar-refractivity contribution in [2.45, 2.75) is 33.2 Å². The van der Waals surface area contributed by atoms with Crippen LogP contribution in [0.5, 0.6) is 5.75 Å². The third-order valence-corrected chi connectivity index (χ3v) is 5.09. The average molecular weight is 381 g/mol. The van der Waals surface area contributed by atoms with Gasteiger partial charge in [-0.15, -0.1) is 11.3 Å². The van der Waals surface area contributed by atoms with Gasteiger partial charge in [0.15, 0.2) is 5.96 Å². The summed E-state index contributed by atoms with van der Waals surface area (Å²) in [5.41, 5.74) is 1.08. The highest BCUT2D eigenvalue weighted by Gasteiger charge is 2.04. The summed E-state index contributed by atoms with van der Waals surface area (Å²) in [4.78, 5) is 10.3. The van der Waals surface area contributed by atoms with Crippen LogP contribution in [-0.2, 0) is 19.4 Å². The number of aromatic nitrogens is 1. The number of thiazole rings is 1. The Balaban J connectivity index is 1.89. The number of halogens is 1. The summed E-state index contributed by atoms with van der Waals surface area (Å²) in [6.45, 7) is 6.33. The Morgan fingerprint density at radius 3 is 2.80 bits per heavy atom.